The highest BCUT2D eigenvalue weighted by atomic mass is 19.2. The van der Waals surface area contributed by atoms with Crippen molar-refractivity contribution in [1.29, 1.82) is 0 Å². The number of nitrogens with one attached hydrogen (secondary N) is 1. The van der Waals surface area contributed by atoms with Gasteiger partial charge in [0.1, 0.15) is 0 Å². The maximum absolute atomic E-state index is 15.1. The number of halogens is 3. The highest BCUT2D eigenvalue weighted by molar-refractivity contribution is 5.88. The van der Waals surface area contributed by atoms with Crippen molar-refractivity contribution in [2.24, 2.45) is 5.92 Å². The van der Waals surface area contributed by atoms with Crippen molar-refractivity contribution in [2.45, 2.75) is 33.6 Å². The van der Waals surface area contributed by atoms with Crippen molar-refractivity contribution >= 4 is 23.4 Å². The second-order valence-electron chi connectivity index (χ2n) is 11.5. The Kier molecular flexibility index (Phi) is 9.57. The number of ether oxygens (including phenoxy) is 2. The fourth-order valence-corrected chi connectivity index (χ4v) is 5.30. The normalized spacial score (nSPS) is 15.1. The number of rotatable bonds is 8. The third kappa shape index (κ3) is 7.54. The topological polar surface area (TPSA) is 79.8 Å². The predicted octanol–water partition coefficient (Wildman–Crippen LogP) is 7.59. The third-order valence-electron chi connectivity index (χ3n) is 8.18. The van der Waals surface area contributed by atoms with E-state index in [0.717, 1.165) is 65.2 Å². The van der Waals surface area contributed by atoms with E-state index in [9.17, 15) is 13.6 Å². The number of piperidine rings is 1. The highest BCUT2D eigenvalue weighted by Gasteiger charge is 2.20. The van der Waals surface area contributed by atoms with Crippen molar-refractivity contribution < 1.29 is 27.4 Å². The van der Waals surface area contributed by atoms with Crippen LogP contribution in [0, 0.1) is 44.1 Å². The summed E-state index contributed by atoms with van der Waals surface area (Å²) in [4.78, 5) is 25.3. The van der Waals surface area contributed by atoms with Crippen molar-refractivity contribution in [3.8, 4) is 22.9 Å². The molecule has 45 heavy (non-hydrogen) atoms. The summed E-state index contributed by atoms with van der Waals surface area (Å²) in [6.07, 6.45) is 1.25. The maximum Gasteiger partial charge on any atom is 0.420 e. The summed E-state index contributed by atoms with van der Waals surface area (Å²) >= 11 is 0. The largest absolute Gasteiger partial charge is 0.490 e. The Labute approximate surface area is 260 Å². The molecule has 0 aliphatic carbocycles. The Morgan fingerprint density at radius 3 is 2.51 bits per heavy atom. The predicted molar refractivity (Wildman–Crippen MR) is 168 cm³/mol. The Morgan fingerprint density at radius 1 is 0.978 bits per heavy atom. The van der Waals surface area contributed by atoms with Crippen LogP contribution in [-0.2, 0) is 0 Å². The lowest BCUT2D eigenvalue weighted by Crippen LogP contribution is -2.34. The minimum absolute atomic E-state index is 0.0571. The second-order valence-corrected chi connectivity index (χ2v) is 11.5. The quantitative estimate of drug-likeness (QED) is 0.218. The number of hydrogen-bond acceptors (Lipinski definition) is 7. The van der Waals surface area contributed by atoms with Crippen LogP contribution in [0.5, 0.6) is 11.6 Å². The number of aromatic nitrogens is 2. The van der Waals surface area contributed by atoms with E-state index in [1.807, 2.05) is 32.9 Å². The number of aryl methyl sites for hydroxylation is 1. The molecule has 5 rings (SSSR count). The lowest BCUT2D eigenvalue weighted by molar-refractivity contribution is 0.147. The molecule has 3 aromatic carbocycles. The highest BCUT2D eigenvalue weighted by Crippen LogP contribution is 2.31. The molecule has 11 heteroatoms. The van der Waals surface area contributed by atoms with E-state index in [0.29, 0.717) is 23.9 Å². The van der Waals surface area contributed by atoms with Gasteiger partial charge in [-0.15, -0.1) is 0 Å². The van der Waals surface area contributed by atoms with Gasteiger partial charge in [0, 0.05) is 54.6 Å². The van der Waals surface area contributed by atoms with Gasteiger partial charge in [0.2, 0.25) is 11.8 Å². The summed E-state index contributed by atoms with van der Waals surface area (Å²) in [7, 11) is 3.44. The molecule has 1 N–H and O–H groups in total. The monoisotopic (exact) mass is 619 g/mol. The van der Waals surface area contributed by atoms with Crippen molar-refractivity contribution in [2.75, 3.05) is 44.0 Å². The summed E-state index contributed by atoms with van der Waals surface area (Å²) in [5, 5.41) is 3.01. The smallest absolute Gasteiger partial charge is 0.420 e. The minimum Gasteiger partial charge on any atom is -0.490 e. The first-order chi connectivity index (χ1) is 21.5. The van der Waals surface area contributed by atoms with Gasteiger partial charge in [0.25, 0.3) is 0 Å². The van der Waals surface area contributed by atoms with E-state index >= 15 is 4.39 Å². The standard InChI is InChI=1S/C34H36F3N5O3/c1-20-8-11-26(22(3)21(20)2)30-17-32(45-34(43)42(5)25-10-12-27(35)28(36)16-25)40-33(39-30)38-24-9-13-31(29(37)15-24)44-19-23-7-6-14-41(4)18-23/h8-13,15-17,23H,6-7,14,18-19H2,1-5H3,(H,38,39,40). The molecule has 8 nitrogen and oxygen atoms in total. The van der Waals surface area contributed by atoms with Gasteiger partial charge < -0.3 is 19.7 Å². The van der Waals surface area contributed by atoms with Crippen molar-refractivity contribution in [3.05, 3.63) is 88.7 Å². The molecule has 1 aliphatic rings. The number of likely N-dealkylation sites (tertiary alicyclic amines) is 1. The Hall–Kier alpha value is -4.64. The molecule has 4 aromatic rings. The SMILES string of the molecule is Cc1ccc(-c2cc(OC(=O)N(C)c3ccc(F)c(F)c3)nc(Nc3ccc(OCC4CCCN(C)C4)c(F)c3)n2)c(C)c1C. The van der Waals surface area contributed by atoms with Gasteiger partial charge in [0.05, 0.1) is 12.3 Å². The number of nitrogens with zero attached hydrogens (tertiary/aromatic N) is 4. The minimum atomic E-state index is -1.10. The van der Waals surface area contributed by atoms with Crippen LogP contribution < -0.4 is 19.7 Å². The molecule has 1 unspecified atom stereocenters. The van der Waals surface area contributed by atoms with E-state index < -0.39 is 23.5 Å². The van der Waals surface area contributed by atoms with Crippen LogP contribution in [0.3, 0.4) is 0 Å². The first-order valence-corrected chi connectivity index (χ1v) is 14.7. The van der Waals surface area contributed by atoms with Gasteiger partial charge in [-0.2, -0.15) is 4.98 Å². The number of amides is 1. The molecule has 236 valence electrons. The van der Waals surface area contributed by atoms with Gasteiger partial charge >= 0.3 is 6.09 Å². The molecule has 0 saturated carbocycles. The number of carbonyl (C=O) groups is 1. The zero-order valence-electron chi connectivity index (χ0n) is 26.0. The molecule has 1 aromatic heterocycles. The van der Waals surface area contributed by atoms with Crippen LogP contribution in [0.2, 0.25) is 0 Å². The van der Waals surface area contributed by atoms with Crippen LogP contribution in [0.4, 0.5) is 35.3 Å². The fourth-order valence-electron chi connectivity index (χ4n) is 5.30. The van der Waals surface area contributed by atoms with Gasteiger partial charge in [-0.3, -0.25) is 4.90 Å². The van der Waals surface area contributed by atoms with Gasteiger partial charge in [-0.05, 0) is 88.2 Å². The molecular weight excluding hydrogens is 583 g/mol. The van der Waals surface area contributed by atoms with Gasteiger partial charge in [-0.25, -0.2) is 22.9 Å². The molecule has 0 radical (unpaired) electrons. The van der Waals surface area contributed by atoms with Crippen molar-refractivity contribution in [3.63, 3.8) is 0 Å². The van der Waals surface area contributed by atoms with E-state index in [2.05, 4.69) is 27.2 Å². The van der Waals surface area contributed by atoms with Gasteiger partial charge in [0.15, 0.2) is 23.2 Å². The molecule has 1 amide bonds. The summed E-state index contributed by atoms with van der Waals surface area (Å²) in [6, 6.07) is 13.0. The van der Waals surface area contributed by atoms with E-state index in [1.54, 1.807) is 12.1 Å². The van der Waals surface area contributed by atoms with E-state index in [1.165, 1.54) is 25.2 Å². The van der Waals surface area contributed by atoms with Crippen LogP contribution >= 0.6 is 0 Å². The van der Waals surface area contributed by atoms with E-state index in [-0.39, 0.29) is 23.3 Å². The number of carbonyl (C=O) groups excluding carboxylic acids is 1. The fraction of sp³-hybridized carbons (Fsp3) is 0.324. The molecule has 1 aliphatic heterocycles. The molecule has 1 atom stereocenters. The Bertz CT molecular complexity index is 1720. The molecular formula is C34H36F3N5O3. The zero-order chi connectivity index (χ0) is 32.2. The molecule has 0 bridgehead atoms. The first kappa shape index (κ1) is 31.8. The average Bonchev–Trinajstić information content (AvgIpc) is 3.00. The van der Waals surface area contributed by atoms with Crippen LogP contribution in [0.1, 0.15) is 29.5 Å². The van der Waals surface area contributed by atoms with Crippen LogP contribution in [-0.4, -0.2) is 54.8 Å². The Morgan fingerprint density at radius 2 is 1.78 bits per heavy atom. The number of hydrogen-bond donors (Lipinski definition) is 1. The van der Waals surface area contributed by atoms with Gasteiger partial charge in [-0.1, -0.05) is 12.1 Å². The second kappa shape index (κ2) is 13.6. The molecule has 1 saturated heterocycles. The van der Waals surface area contributed by atoms with Crippen molar-refractivity contribution in [1.82, 2.24) is 14.9 Å². The lowest BCUT2D eigenvalue weighted by Gasteiger charge is -2.29. The molecule has 2 heterocycles. The summed E-state index contributed by atoms with van der Waals surface area (Å²) in [5.74, 6) is -2.21. The van der Waals surface area contributed by atoms with Crippen LogP contribution in [0.15, 0.2) is 54.6 Å². The maximum atomic E-state index is 15.1. The third-order valence-corrected chi connectivity index (χ3v) is 8.18. The Balaban J connectivity index is 1.40. The lowest BCUT2D eigenvalue weighted by atomic mass is 9.97. The first-order valence-electron chi connectivity index (χ1n) is 14.7. The summed E-state index contributed by atoms with van der Waals surface area (Å²) in [5.41, 5.74) is 4.87. The molecule has 1 fully saturated rings. The van der Waals surface area contributed by atoms with Crippen LogP contribution in [0.25, 0.3) is 11.3 Å². The summed E-state index contributed by atoms with van der Waals surface area (Å²) < 4.78 is 53.7. The number of benzene rings is 3. The van der Waals surface area contributed by atoms with E-state index in [4.69, 9.17) is 9.47 Å². The number of anilines is 3. The molecule has 0 spiro atoms. The zero-order valence-corrected chi connectivity index (χ0v) is 26.0. The summed E-state index contributed by atoms with van der Waals surface area (Å²) in [6.45, 7) is 8.39. The average molecular weight is 620 g/mol.